The number of carbonyl (C=O) groups excluding carboxylic acids is 2. The van der Waals surface area contributed by atoms with Crippen molar-refractivity contribution in [2.45, 2.75) is 129 Å². The van der Waals surface area contributed by atoms with Crippen LogP contribution in [0.3, 0.4) is 0 Å². The van der Waals surface area contributed by atoms with Gasteiger partial charge in [-0.15, -0.1) is 0 Å². The first-order chi connectivity index (χ1) is 19.2. The smallest absolute Gasteiger partial charge is 0.303 e. The zero-order valence-corrected chi connectivity index (χ0v) is 26.2. The molecule has 0 fully saturated rings. The molecule has 10 heteroatoms. The zero-order chi connectivity index (χ0) is 29.8. The number of amides is 2. The van der Waals surface area contributed by atoms with Crippen LogP contribution >= 0.6 is 21.6 Å². The second-order valence-electron chi connectivity index (χ2n) is 10.1. The number of rotatable bonds is 27. The van der Waals surface area contributed by atoms with Crippen molar-refractivity contribution in [1.29, 1.82) is 0 Å². The first kappa shape index (κ1) is 38.1. The van der Waals surface area contributed by atoms with Gasteiger partial charge in [0, 0.05) is 38.2 Å². The lowest BCUT2D eigenvalue weighted by atomic mass is 10.1. The minimum atomic E-state index is -0.720. The molecular formula is C30H52N2O6S2. The number of nitrogens with one attached hydrogen (secondary N) is 2. The second-order valence-corrected chi connectivity index (χ2v) is 12.7. The van der Waals surface area contributed by atoms with Crippen LogP contribution < -0.4 is 10.6 Å². The number of carbonyl (C=O) groups is 4. The molecule has 0 aromatic rings. The van der Waals surface area contributed by atoms with Gasteiger partial charge in [-0.2, -0.15) is 0 Å². The average molecular weight is 601 g/mol. The minimum absolute atomic E-state index is 0.0371. The Morgan fingerprint density at radius 2 is 0.900 bits per heavy atom. The lowest BCUT2D eigenvalue weighted by molar-refractivity contribution is -0.138. The molecule has 0 rings (SSSR count). The predicted molar refractivity (Wildman–Crippen MR) is 168 cm³/mol. The molecule has 0 bridgehead atoms. The third kappa shape index (κ3) is 29.1. The summed E-state index contributed by atoms with van der Waals surface area (Å²) in [6, 6.07) is -0.0743. The highest BCUT2D eigenvalue weighted by Gasteiger charge is 2.10. The summed E-state index contributed by atoms with van der Waals surface area (Å²) >= 11 is 0. The summed E-state index contributed by atoms with van der Waals surface area (Å²) in [6.07, 6.45) is 23.1. The van der Waals surface area contributed by atoms with Crippen LogP contribution in [0, 0.1) is 0 Å². The predicted octanol–water partition coefficient (Wildman–Crippen LogP) is 6.90. The summed E-state index contributed by atoms with van der Waals surface area (Å²) in [5.74, 6) is -0.0636. The van der Waals surface area contributed by atoms with Crippen LogP contribution in [-0.4, -0.2) is 57.6 Å². The summed E-state index contributed by atoms with van der Waals surface area (Å²) in [5, 5.41) is 23.3. The molecule has 0 aliphatic rings. The van der Waals surface area contributed by atoms with Gasteiger partial charge >= 0.3 is 11.9 Å². The van der Waals surface area contributed by atoms with Crippen molar-refractivity contribution in [1.82, 2.24) is 10.6 Å². The maximum absolute atomic E-state index is 11.6. The number of aliphatic carboxylic acids is 2. The number of hydrogen-bond donors (Lipinski definition) is 4. The van der Waals surface area contributed by atoms with Crippen molar-refractivity contribution in [3.63, 3.8) is 0 Å². The quantitative estimate of drug-likeness (QED) is 0.0455. The van der Waals surface area contributed by atoms with E-state index in [9.17, 15) is 19.2 Å². The topological polar surface area (TPSA) is 133 Å². The van der Waals surface area contributed by atoms with Crippen molar-refractivity contribution < 1.29 is 29.4 Å². The Hall–Kier alpha value is -1.94. The van der Waals surface area contributed by atoms with E-state index in [-0.39, 0.29) is 36.7 Å². The molecule has 2 atom stereocenters. The Bertz CT molecular complexity index is 698. The molecule has 8 nitrogen and oxygen atoms in total. The Morgan fingerprint density at radius 1 is 0.575 bits per heavy atom. The Kier molecular flexibility index (Phi) is 25.9. The first-order valence-electron chi connectivity index (χ1n) is 14.8. The van der Waals surface area contributed by atoms with Gasteiger partial charge in [0.2, 0.25) is 11.8 Å². The largest absolute Gasteiger partial charge is 0.481 e. The summed E-state index contributed by atoms with van der Waals surface area (Å²) in [6.45, 7) is 3.06. The van der Waals surface area contributed by atoms with Gasteiger partial charge in [0.05, 0.1) is 12.1 Å². The Morgan fingerprint density at radius 3 is 1.23 bits per heavy atom. The number of unbranched alkanes of at least 4 members (excludes halogenated alkanes) is 12. The summed E-state index contributed by atoms with van der Waals surface area (Å²) in [4.78, 5) is 44.3. The molecule has 0 heterocycles. The third-order valence-corrected chi connectivity index (χ3v) is 8.59. The molecule has 0 aromatic heterocycles. The van der Waals surface area contributed by atoms with Crippen molar-refractivity contribution in [3.8, 4) is 0 Å². The zero-order valence-electron chi connectivity index (χ0n) is 24.5. The van der Waals surface area contributed by atoms with Crippen LogP contribution in [0.15, 0.2) is 24.3 Å². The van der Waals surface area contributed by atoms with E-state index in [2.05, 4.69) is 34.9 Å². The van der Waals surface area contributed by atoms with Gasteiger partial charge in [-0.25, -0.2) is 0 Å². The second kappa shape index (κ2) is 27.2. The summed E-state index contributed by atoms with van der Waals surface area (Å²) in [5.41, 5.74) is 0. The Labute approximate surface area is 249 Å². The fourth-order valence-electron chi connectivity index (χ4n) is 4.07. The molecule has 40 heavy (non-hydrogen) atoms. The number of hydrogen-bond acceptors (Lipinski definition) is 6. The molecule has 0 saturated heterocycles. The number of allylic oxidation sites excluding steroid dienone is 2. The van der Waals surface area contributed by atoms with E-state index in [1.807, 2.05) is 0 Å². The van der Waals surface area contributed by atoms with Crippen molar-refractivity contribution in [2.24, 2.45) is 0 Å². The van der Waals surface area contributed by atoms with Crippen LogP contribution in [0.5, 0.6) is 0 Å². The maximum atomic E-state index is 11.6. The van der Waals surface area contributed by atoms with Gasteiger partial charge in [-0.1, -0.05) is 97.3 Å². The van der Waals surface area contributed by atoms with Crippen molar-refractivity contribution >= 4 is 45.3 Å². The normalized spacial score (nSPS) is 12.9. The van der Waals surface area contributed by atoms with Crippen LogP contribution in [0.4, 0.5) is 0 Å². The highest BCUT2D eigenvalue weighted by Crippen LogP contribution is 2.24. The van der Waals surface area contributed by atoms with Gasteiger partial charge < -0.3 is 20.8 Å². The summed E-state index contributed by atoms with van der Waals surface area (Å²) in [7, 11) is 3.37. The lowest BCUT2D eigenvalue weighted by Crippen LogP contribution is -2.34. The molecule has 0 aliphatic heterocycles. The monoisotopic (exact) mass is 600 g/mol. The minimum Gasteiger partial charge on any atom is -0.481 e. The average Bonchev–Trinajstić information content (AvgIpc) is 2.87. The molecule has 0 radical (unpaired) electrons. The standard InChI is InChI=1S/C30H52N2O6S2/c1-25(33)31-27(19-15-11-7-3-5-9-13-17-21-29(35)36)23-39-40-24-28(32-26(2)34)20-16-12-8-4-6-10-14-18-22-30(37)38/h15-16,19-20,27-28H,3-14,17-18,21-24H2,1-2H3,(H,31,33)(H,32,34)(H,35,36)(H,37,38)/t27-,28-/m1/s1. The van der Waals surface area contributed by atoms with Crippen LogP contribution in [0.25, 0.3) is 0 Å². The first-order valence-corrected chi connectivity index (χ1v) is 17.2. The van der Waals surface area contributed by atoms with Crippen molar-refractivity contribution in [3.05, 3.63) is 24.3 Å². The van der Waals surface area contributed by atoms with Gasteiger partial charge in [-0.05, 0) is 38.5 Å². The fraction of sp³-hybridized carbons (Fsp3) is 0.733. The number of carboxylic acid groups (broad SMARTS) is 2. The van der Waals surface area contributed by atoms with Gasteiger partial charge in [-0.3, -0.25) is 19.2 Å². The van der Waals surface area contributed by atoms with E-state index in [0.29, 0.717) is 0 Å². The van der Waals surface area contributed by atoms with Gasteiger partial charge in [0.25, 0.3) is 0 Å². The van der Waals surface area contributed by atoms with E-state index >= 15 is 0 Å². The SMILES string of the molecule is CC(=O)N[C@H](C=CCCCCCCCCC(=O)O)CSSC[C@@H](C=CCCCCCCCCC(=O)O)NC(C)=O. The summed E-state index contributed by atoms with van der Waals surface area (Å²) < 4.78 is 0. The molecular weight excluding hydrogens is 548 g/mol. The fourth-order valence-corrected chi connectivity index (χ4v) is 6.40. The molecule has 4 N–H and O–H groups in total. The van der Waals surface area contributed by atoms with Gasteiger partial charge in [0.1, 0.15) is 0 Å². The lowest BCUT2D eigenvalue weighted by Gasteiger charge is -2.16. The van der Waals surface area contributed by atoms with Gasteiger partial charge in [0.15, 0.2) is 0 Å². The van der Waals surface area contributed by atoms with E-state index < -0.39 is 11.9 Å². The van der Waals surface area contributed by atoms with E-state index in [1.165, 1.54) is 13.8 Å². The number of carboxylic acids is 2. The van der Waals surface area contributed by atoms with E-state index in [0.717, 1.165) is 101 Å². The Balaban J connectivity index is 4.19. The molecule has 0 unspecified atom stereocenters. The molecule has 0 aliphatic carbocycles. The third-order valence-electron chi connectivity index (χ3n) is 6.12. The molecule has 2 amide bonds. The maximum Gasteiger partial charge on any atom is 0.303 e. The molecule has 0 saturated carbocycles. The van der Waals surface area contributed by atoms with Crippen LogP contribution in [0.2, 0.25) is 0 Å². The highest BCUT2D eigenvalue weighted by molar-refractivity contribution is 8.76. The highest BCUT2D eigenvalue weighted by atomic mass is 33.1. The van der Waals surface area contributed by atoms with E-state index in [1.54, 1.807) is 21.6 Å². The van der Waals surface area contributed by atoms with Crippen molar-refractivity contribution in [2.75, 3.05) is 11.5 Å². The van der Waals surface area contributed by atoms with Crippen LogP contribution in [0.1, 0.15) is 117 Å². The van der Waals surface area contributed by atoms with Crippen LogP contribution in [-0.2, 0) is 19.2 Å². The molecule has 230 valence electrons. The molecule has 0 aromatic carbocycles. The molecule has 0 spiro atoms. The van der Waals surface area contributed by atoms with E-state index in [4.69, 9.17) is 10.2 Å².